The summed E-state index contributed by atoms with van der Waals surface area (Å²) in [5, 5.41) is 14.4. The fraction of sp³-hybridized carbons (Fsp3) is 0.833. The molecule has 5 heteroatoms. The molecule has 0 aliphatic heterocycles. The number of hydrogen-bond donors (Lipinski definition) is 3. The zero-order valence-electron chi connectivity index (χ0n) is 10.7. The van der Waals surface area contributed by atoms with Crippen molar-refractivity contribution in [3.05, 3.63) is 0 Å². The van der Waals surface area contributed by atoms with E-state index in [9.17, 15) is 4.79 Å². The second-order valence-electron chi connectivity index (χ2n) is 4.95. The van der Waals surface area contributed by atoms with Gasteiger partial charge in [0.15, 0.2) is 5.84 Å². The standard InChI is InChI=1S/C12H23N3O2/c1-3-5-12(6-7-12)8-14-11(16)9(4-2)10(13)15-17/h9,17H,3-8H2,1-2H3,(H2,13,15)(H,14,16). The first-order chi connectivity index (χ1) is 8.08. The Morgan fingerprint density at radius 1 is 1.53 bits per heavy atom. The molecule has 0 aromatic heterocycles. The van der Waals surface area contributed by atoms with Crippen molar-refractivity contribution in [2.24, 2.45) is 22.2 Å². The average molecular weight is 241 g/mol. The van der Waals surface area contributed by atoms with Crippen molar-refractivity contribution in [1.82, 2.24) is 5.32 Å². The van der Waals surface area contributed by atoms with Crippen LogP contribution in [-0.2, 0) is 4.79 Å². The van der Waals surface area contributed by atoms with Crippen LogP contribution >= 0.6 is 0 Å². The maximum absolute atomic E-state index is 11.9. The lowest BCUT2D eigenvalue weighted by atomic mass is 9.99. The van der Waals surface area contributed by atoms with Gasteiger partial charge in [-0.05, 0) is 31.1 Å². The number of nitrogens with one attached hydrogen (secondary N) is 1. The van der Waals surface area contributed by atoms with Gasteiger partial charge in [-0.15, -0.1) is 0 Å². The molecule has 0 aromatic rings. The van der Waals surface area contributed by atoms with E-state index in [1.807, 2.05) is 6.92 Å². The van der Waals surface area contributed by atoms with Gasteiger partial charge >= 0.3 is 0 Å². The smallest absolute Gasteiger partial charge is 0.230 e. The number of carbonyl (C=O) groups excluding carboxylic acids is 1. The van der Waals surface area contributed by atoms with Gasteiger partial charge in [-0.25, -0.2) is 0 Å². The predicted octanol–water partition coefficient (Wildman–Crippen LogP) is 1.46. The van der Waals surface area contributed by atoms with Gasteiger partial charge in [0.05, 0.1) is 5.92 Å². The van der Waals surface area contributed by atoms with Gasteiger partial charge in [0.2, 0.25) is 5.91 Å². The van der Waals surface area contributed by atoms with Crippen LogP contribution in [0.4, 0.5) is 0 Å². The highest BCUT2D eigenvalue weighted by molar-refractivity contribution is 6.01. The van der Waals surface area contributed by atoms with Gasteiger partial charge in [-0.2, -0.15) is 0 Å². The maximum Gasteiger partial charge on any atom is 0.230 e. The molecule has 1 unspecified atom stereocenters. The minimum Gasteiger partial charge on any atom is -0.409 e. The zero-order chi connectivity index (χ0) is 12.9. The Kier molecular flexibility index (Phi) is 4.78. The predicted molar refractivity (Wildman–Crippen MR) is 66.8 cm³/mol. The lowest BCUT2D eigenvalue weighted by Gasteiger charge is -2.18. The summed E-state index contributed by atoms with van der Waals surface area (Å²) >= 11 is 0. The molecule has 0 saturated heterocycles. The molecule has 1 aliphatic rings. The molecular weight excluding hydrogens is 218 g/mol. The Balaban J connectivity index is 2.43. The molecule has 1 saturated carbocycles. The van der Waals surface area contributed by atoms with Crippen LogP contribution in [0.5, 0.6) is 0 Å². The van der Waals surface area contributed by atoms with E-state index in [0.29, 0.717) is 11.8 Å². The highest BCUT2D eigenvalue weighted by atomic mass is 16.4. The van der Waals surface area contributed by atoms with E-state index in [0.717, 1.165) is 19.4 Å². The van der Waals surface area contributed by atoms with Crippen LogP contribution in [0.3, 0.4) is 0 Å². The lowest BCUT2D eigenvalue weighted by molar-refractivity contribution is -0.123. The molecule has 1 atom stereocenters. The van der Waals surface area contributed by atoms with E-state index < -0.39 is 5.92 Å². The second kappa shape index (κ2) is 5.89. The molecule has 0 spiro atoms. The molecule has 0 radical (unpaired) electrons. The summed E-state index contributed by atoms with van der Waals surface area (Å²) in [6.07, 6.45) is 5.24. The van der Waals surface area contributed by atoms with Crippen molar-refractivity contribution in [1.29, 1.82) is 0 Å². The minimum atomic E-state index is -0.516. The number of rotatable bonds is 7. The molecule has 1 aliphatic carbocycles. The summed E-state index contributed by atoms with van der Waals surface area (Å²) in [5.74, 6) is -0.659. The SMILES string of the molecule is CCCC1(CNC(=O)C(CC)C(N)=NO)CC1. The number of nitrogens with zero attached hydrogens (tertiary/aromatic N) is 1. The van der Waals surface area contributed by atoms with Crippen LogP contribution < -0.4 is 11.1 Å². The maximum atomic E-state index is 11.9. The monoisotopic (exact) mass is 241 g/mol. The lowest BCUT2D eigenvalue weighted by Crippen LogP contribution is -2.40. The van der Waals surface area contributed by atoms with Crippen LogP contribution in [0.1, 0.15) is 46.0 Å². The Hall–Kier alpha value is -1.26. The number of carbonyl (C=O) groups is 1. The van der Waals surface area contributed by atoms with Gasteiger partial charge in [0.25, 0.3) is 0 Å². The number of oxime groups is 1. The van der Waals surface area contributed by atoms with Crippen molar-refractivity contribution in [2.75, 3.05) is 6.54 Å². The van der Waals surface area contributed by atoms with E-state index in [2.05, 4.69) is 17.4 Å². The average Bonchev–Trinajstić information content (AvgIpc) is 3.08. The van der Waals surface area contributed by atoms with Crippen molar-refractivity contribution >= 4 is 11.7 Å². The molecule has 1 amide bonds. The third-order valence-electron chi connectivity index (χ3n) is 3.57. The topological polar surface area (TPSA) is 87.7 Å². The van der Waals surface area contributed by atoms with E-state index in [1.165, 1.54) is 12.8 Å². The summed E-state index contributed by atoms with van der Waals surface area (Å²) in [4.78, 5) is 11.9. The van der Waals surface area contributed by atoms with Crippen molar-refractivity contribution in [3.8, 4) is 0 Å². The van der Waals surface area contributed by atoms with E-state index >= 15 is 0 Å². The normalized spacial score (nSPS) is 19.8. The van der Waals surface area contributed by atoms with Crippen LogP contribution in [0.15, 0.2) is 5.16 Å². The van der Waals surface area contributed by atoms with E-state index in [4.69, 9.17) is 10.9 Å². The number of amidine groups is 1. The van der Waals surface area contributed by atoms with Crippen LogP contribution in [-0.4, -0.2) is 23.5 Å². The van der Waals surface area contributed by atoms with Gasteiger partial charge in [0, 0.05) is 6.54 Å². The highest BCUT2D eigenvalue weighted by Gasteiger charge is 2.41. The molecule has 5 nitrogen and oxygen atoms in total. The molecule has 17 heavy (non-hydrogen) atoms. The molecule has 0 bridgehead atoms. The fourth-order valence-corrected chi connectivity index (χ4v) is 2.22. The van der Waals surface area contributed by atoms with Crippen LogP contribution in [0, 0.1) is 11.3 Å². The molecule has 0 heterocycles. The fourth-order valence-electron chi connectivity index (χ4n) is 2.22. The molecule has 1 fully saturated rings. The Morgan fingerprint density at radius 2 is 2.18 bits per heavy atom. The Labute approximate surface area is 102 Å². The summed E-state index contributed by atoms with van der Waals surface area (Å²) in [6.45, 7) is 4.73. The van der Waals surface area contributed by atoms with Gasteiger partial charge < -0.3 is 16.3 Å². The van der Waals surface area contributed by atoms with Gasteiger partial charge in [0.1, 0.15) is 0 Å². The third kappa shape index (κ3) is 3.61. The molecule has 4 N–H and O–H groups in total. The van der Waals surface area contributed by atoms with E-state index in [-0.39, 0.29) is 11.7 Å². The van der Waals surface area contributed by atoms with Crippen LogP contribution in [0.25, 0.3) is 0 Å². The molecule has 98 valence electrons. The number of nitrogens with two attached hydrogens (primary N) is 1. The first-order valence-corrected chi connectivity index (χ1v) is 6.33. The van der Waals surface area contributed by atoms with Crippen LogP contribution in [0.2, 0.25) is 0 Å². The third-order valence-corrected chi connectivity index (χ3v) is 3.57. The molecule has 0 aromatic carbocycles. The summed E-state index contributed by atoms with van der Waals surface area (Å²) in [7, 11) is 0. The second-order valence-corrected chi connectivity index (χ2v) is 4.95. The first kappa shape index (κ1) is 13.8. The minimum absolute atomic E-state index is 0.00895. The van der Waals surface area contributed by atoms with Crippen molar-refractivity contribution in [3.63, 3.8) is 0 Å². The molecular formula is C12H23N3O2. The molecule has 1 rings (SSSR count). The first-order valence-electron chi connectivity index (χ1n) is 6.33. The largest absolute Gasteiger partial charge is 0.409 e. The Morgan fingerprint density at radius 3 is 2.59 bits per heavy atom. The van der Waals surface area contributed by atoms with Crippen molar-refractivity contribution < 1.29 is 10.0 Å². The Bertz CT molecular complexity index is 298. The van der Waals surface area contributed by atoms with Gasteiger partial charge in [-0.3, -0.25) is 4.79 Å². The summed E-state index contributed by atoms with van der Waals surface area (Å²) in [6, 6.07) is 0. The van der Waals surface area contributed by atoms with Gasteiger partial charge in [-0.1, -0.05) is 25.4 Å². The summed E-state index contributed by atoms with van der Waals surface area (Å²) < 4.78 is 0. The zero-order valence-corrected chi connectivity index (χ0v) is 10.7. The quantitative estimate of drug-likeness (QED) is 0.273. The number of amides is 1. The van der Waals surface area contributed by atoms with Crippen molar-refractivity contribution in [2.45, 2.75) is 46.0 Å². The summed E-state index contributed by atoms with van der Waals surface area (Å²) in [5.41, 5.74) is 5.81. The number of hydrogen-bond acceptors (Lipinski definition) is 3. The highest BCUT2D eigenvalue weighted by Crippen LogP contribution is 2.48. The van der Waals surface area contributed by atoms with E-state index in [1.54, 1.807) is 0 Å².